The standard InChI is InChI=1S/C16H20N4OS/c17-6-2-7-19(11-14-5-9-21-12-14)13-20-8-4-15(18-20)16-3-1-10-22-16/h1,3-4,8,10,14H,2,5,7,9,11-13H2/t14-/m1/s1. The van der Waals surface area contributed by atoms with Crippen molar-refractivity contribution in [2.45, 2.75) is 19.5 Å². The lowest BCUT2D eigenvalue weighted by Gasteiger charge is -2.23. The number of nitriles is 1. The summed E-state index contributed by atoms with van der Waals surface area (Å²) in [6, 6.07) is 8.41. The van der Waals surface area contributed by atoms with Crippen molar-refractivity contribution >= 4 is 11.3 Å². The number of ether oxygens (including phenoxy) is 1. The lowest BCUT2D eigenvalue weighted by Crippen LogP contribution is -2.32. The maximum absolute atomic E-state index is 8.85. The highest BCUT2D eigenvalue weighted by Crippen LogP contribution is 2.22. The van der Waals surface area contributed by atoms with E-state index in [9.17, 15) is 0 Å². The Morgan fingerprint density at radius 2 is 2.45 bits per heavy atom. The monoisotopic (exact) mass is 316 g/mol. The number of hydrogen-bond donors (Lipinski definition) is 0. The molecule has 1 fully saturated rings. The molecule has 3 rings (SSSR count). The molecule has 22 heavy (non-hydrogen) atoms. The molecule has 0 unspecified atom stereocenters. The van der Waals surface area contributed by atoms with Gasteiger partial charge in [0.05, 0.1) is 24.2 Å². The fraction of sp³-hybridized carbons (Fsp3) is 0.500. The smallest absolute Gasteiger partial charge is 0.102 e. The number of nitrogens with zero attached hydrogens (tertiary/aromatic N) is 4. The summed E-state index contributed by atoms with van der Waals surface area (Å²) in [6.07, 6.45) is 3.68. The fourth-order valence-electron chi connectivity index (χ4n) is 2.72. The average Bonchev–Trinajstić information content (AvgIpc) is 3.26. The van der Waals surface area contributed by atoms with E-state index in [2.05, 4.69) is 27.5 Å². The maximum atomic E-state index is 8.85. The van der Waals surface area contributed by atoms with E-state index >= 15 is 0 Å². The highest BCUT2D eigenvalue weighted by atomic mass is 32.1. The lowest BCUT2D eigenvalue weighted by atomic mass is 10.1. The predicted molar refractivity (Wildman–Crippen MR) is 86.3 cm³/mol. The molecule has 1 saturated heterocycles. The summed E-state index contributed by atoms with van der Waals surface area (Å²) in [4.78, 5) is 3.49. The predicted octanol–water partition coefficient (Wildman–Crippen LogP) is 2.82. The Labute approximate surface area is 134 Å². The summed E-state index contributed by atoms with van der Waals surface area (Å²) < 4.78 is 7.41. The van der Waals surface area contributed by atoms with Gasteiger partial charge in [0.15, 0.2) is 0 Å². The van der Waals surface area contributed by atoms with Crippen LogP contribution in [-0.2, 0) is 11.4 Å². The van der Waals surface area contributed by atoms with Crippen molar-refractivity contribution < 1.29 is 4.74 Å². The van der Waals surface area contributed by atoms with Crippen LogP contribution in [0.3, 0.4) is 0 Å². The second kappa shape index (κ2) is 7.54. The van der Waals surface area contributed by atoms with Crippen LogP contribution in [0.4, 0.5) is 0 Å². The van der Waals surface area contributed by atoms with Gasteiger partial charge in [0.25, 0.3) is 0 Å². The molecule has 5 nitrogen and oxygen atoms in total. The molecule has 3 heterocycles. The quantitative estimate of drug-likeness (QED) is 0.788. The van der Waals surface area contributed by atoms with Gasteiger partial charge in [-0.05, 0) is 29.9 Å². The fourth-order valence-corrected chi connectivity index (χ4v) is 3.41. The van der Waals surface area contributed by atoms with E-state index in [-0.39, 0.29) is 0 Å². The van der Waals surface area contributed by atoms with Crippen molar-refractivity contribution in [3.8, 4) is 16.6 Å². The van der Waals surface area contributed by atoms with Gasteiger partial charge in [-0.1, -0.05) is 6.07 Å². The number of thiophene rings is 1. The third kappa shape index (κ3) is 3.95. The third-order valence-electron chi connectivity index (χ3n) is 3.84. The topological polar surface area (TPSA) is 54.1 Å². The average molecular weight is 316 g/mol. The van der Waals surface area contributed by atoms with Crippen LogP contribution < -0.4 is 0 Å². The molecule has 1 atom stereocenters. The SMILES string of the molecule is N#CCCN(C[C@H]1CCOC1)Cn1ccc(-c2cccs2)n1. The van der Waals surface area contributed by atoms with Crippen LogP contribution in [0.25, 0.3) is 10.6 Å². The van der Waals surface area contributed by atoms with Crippen LogP contribution >= 0.6 is 11.3 Å². The van der Waals surface area contributed by atoms with Crippen LogP contribution in [0, 0.1) is 17.2 Å². The molecule has 0 radical (unpaired) electrons. The number of hydrogen-bond acceptors (Lipinski definition) is 5. The van der Waals surface area contributed by atoms with Gasteiger partial charge in [-0.25, -0.2) is 0 Å². The van der Waals surface area contributed by atoms with Gasteiger partial charge in [-0.2, -0.15) is 10.4 Å². The lowest BCUT2D eigenvalue weighted by molar-refractivity contribution is 0.149. The molecule has 2 aromatic rings. The first-order valence-corrected chi connectivity index (χ1v) is 8.47. The molecule has 0 amide bonds. The van der Waals surface area contributed by atoms with E-state index in [0.717, 1.165) is 45.1 Å². The highest BCUT2D eigenvalue weighted by molar-refractivity contribution is 7.13. The van der Waals surface area contributed by atoms with Gasteiger partial charge < -0.3 is 4.74 Å². The number of rotatable bonds is 7. The molecular weight excluding hydrogens is 296 g/mol. The Kier molecular flexibility index (Phi) is 5.22. The van der Waals surface area contributed by atoms with E-state index < -0.39 is 0 Å². The number of aromatic nitrogens is 2. The summed E-state index contributed by atoms with van der Waals surface area (Å²) in [5.41, 5.74) is 1.01. The third-order valence-corrected chi connectivity index (χ3v) is 4.73. The molecule has 116 valence electrons. The zero-order valence-electron chi connectivity index (χ0n) is 12.5. The summed E-state index contributed by atoms with van der Waals surface area (Å²) >= 11 is 1.70. The van der Waals surface area contributed by atoms with Crippen LogP contribution in [-0.4, -0.2) is 41.0 Å². The largest absolute Gasteiger partial charge is 0.381 e. The molecule has 0 spiro atoms. The summed E-state index contributed by atoms with van der Waals surface area (Å²) in [5.74, 6) is 0.575. The molecule has 0 saturated carbocycles. The highest BCUT2D eigenvalue weighted by Gasteiger charge is 2.19. The van der Waals surface area contributed by atoms with Gasteiger partial charge >= 0.3 is 0 Å². The Balaban J connectivity index is 1.63. The second-order valence-electron chi connectivity index (χ2n) is 5.57. The minimum atomic E-state index is 0.548. The molecule has 6 heteroatoms. The van der Waals surface area contributed by atoms with E-state index in [1.165, 1.54) is 4.88 Å². The van der Waals surface area contributed by atoms with Gasteiger partial charge in [-0.3, -0.25) is 9.58 Å². The molecular formula is C16H20N4OS. The molecule has 1 aliphatic heterocycles. The van der Waals surface area contributed by atoms with Crippen LogP contribution in [0.2, 0.25) is 0 Å². The minimum absolute atomic E-state index is 0.548. The van der Waals surface area contributed by atoms with Gasteiger partial charge in [0.1, 0.15) is 5.69 Å². The van der Waals surface area contributed by atoms with E-state index in [1.807, 2.05) is 23.0 Å². The van der Waals surface area contributed by atoms with Crippen molar-refractivity contribution in [3.05, 3.63) is 29.8 Å². The van der Waals surface area contributed by atoms with E-state index in [0.29, 0.717) is 12.3 Å². The first-order chi connectivity index (χ1) is 10.8. The Hall–Kier alpha value is -1.68. The summed E-state index contributed by atoms with van der Waals surface area (Å²) in [6.45, 7) is 4.17. The van der Waals surface area contributed by atoms with Gasteiger partial charge in [0, 0.05) is 32.3 Å². The van der Waals surface area contributed by atoms with E-state index in [1.54, 1.807) is 11.3 Å². The maximum Gasteiger partial charge on any atom is 0.102 e. The molecule has 0 N–H and O–H groups in total. The molecule has 0 bridgehead atoms. The Bertz CT molecular complexity index is 610. The van der Waals surface area contributed by atoms with Crippen LogP contribution in [0.1, 0.15) is 12.8 Å². The van der Waals surface area contributed by atoms with Crippen molar-refractivity contribution in [2.24, 2.45) is 5.92 Å². The van der Waals surface area contributed by atoms with Crippen molar-refractivity contribution in [3.63, 3.8) is 0 Å². The minimum Gasteiger partial charge on any atom is -0.381 e. The second-order valence-corrected chi connectivity index (χ2v) is 6.52. The molecule has 0 aliphatic carbocycles. The molecule has 0 aromatic carbocycles. The Morgan fingerprint density at radius 3 is 3.18 bits per heavy atom. The molecule has 1 aliphatic rings. The Morgan fingerprint density at radius 1 is 1.50 bits per heavy atom. The van der Waals surface area contributed by atoms with Crippen molar-refractivity contribution in [1.29, 1.82) is 5.26 Å². The van der Waals surface area contributed by atoms with Crippen molar-refractivity contribution in [2.75, 3.05) is 26.3 Å². The van der Waals surface area contributed by atoms with E-state index in [4.69, 9.17) is 10.00 Å². The zero-order valence-corrected chi connectivity index (χ0v) is 13.3. The molecule has 2 aromatic heterocycles. The first kappa shape index (κ1) is 15.2. The van der Waals surface area contributed by atoms with Gasteiger partial charge in [0.2, 0.25) is 0 Å². The summed E-state index contributed by atoms with van der Waals surface area (Å²) in [5, 5.41) is 15.6. The van der Waals surface area contributed by atoms with Crippen LogP contribution in [0.5, 0.6) is 0 Å². The van der Waals surface area contributed by atoms with Gasteiger partial charge in [-0.15, -0.1) is 11.3 Å². The van der Waals surface area contributed by atoms with Crippen LogP contribution in [0.15, 0.2) is 29.8 Å². The normalized spacial score (nSPS) is 17.9. The zero-order chi connectivity index (χ0) is 15.2. The summed E-state index contributed by atoms with van der Waals surface area (Å²) in [7, 11) is 0. The van der Waals surface area contributed by atoms with Crippen molar-refractivity contribution in [1.82, 2.24) is 14.7 Å². The first-order valence-electron chi connectivity index (χ1n) is 7.59.